The third-order valence-electron chi connectivity index (χ3n) is 4.27. The summed E-state index contributed by atoms with van der Waals surface area (Å²) in [6.45, 7) is 0.0330. The van der Waals surface area contributed by atoms with Gasteiger partial charge in [0.2, 0.25) is 0 Å². The second-order valence-electron chi connectivity index (χ2n) is 6.18. The van der Waals surface area contributed by atoms with Gasteiger partial charge in [0.1, 0.15) is 11.3 Å². The standard InChI is InChI=1S/C18H16F2N4O3/c1-22(9-10-4-6-12(19)13(20)8-10)17(26)14-7-5-11-15(21-14)23(2)18(27)24(3)16(11)25/h4-8H,9H2,1-3H3. The predicted molar refractivity (Wildman–Crippen MR) is 94.4 cm³/mol. The maximum atomic E-state index is 13.3. The first-order valence-corrected chi connectivity index (χ1v) is 7.97. The zero-order valence-electron chi connectivity index (χ0n) is 14.9. The van der Waals surface area contributed by atoms with E-state index in [-0.39, 0.29) is 23.3 Å². The van der Waals surface area contributed by atoms with E-state index in [1.165, 1.54) is 48.8 Å². The molecule has 3 rings (SSSR count). The minimum absolute atomic E-state index is 0.0239. The van der Waals surface area contributed by atoms with Crippen molar-refractivity contribution in [3.05, 3.63) is 74.1 Å². The molecule has 3 aromatic rings. The van der Waals surface area contributed by atoms with Crippen LogP contribution in [0.5, 0.6) is 0 Å². The average molecular weight is 374 g/mol. The van der Waals surface area contributed by atoms with E-state index in [0.29, 0.717) is 5.56 Å². The number of nitrogens with zero attached hydrogens (tertiary/aromatic N) is 4. The summed E-state index contributed by atoms with van der Waals surface area (Å²) < 4.78 is 28.5. The number of fused-ring (bicyclic) bond motifs is 1. The number of pyridine rings is 1. The number of rotatable bonds is 3. The number of carbonyl (C=O) groups is 1. The molecule has 0 aliphatic heterocycles. The Labute approximate surface area is 152 Å². The lowest BCUT2D eigenvalue weighted by atomic mass is 10.2. The van der Waals surface area contributed by atoms with Crippen LogP contribution in [0.2, 0.25) is 0 Å². The molecule has 0 radical (unpaired) electrons. The van der Waals surface area contributed by atoms with Crippen molar-refractivity contribution < 1.29 is 13.6 Å². The summed E-state index contributed by atoms with van der Waals surface area (Å²) in [7, 11) is 4.30. The maximum Gasteiger partial charge on any atom is 0.332 e. The normalized spacial score (nSPS) is 11.0. The summed E-state index contributed by atoms with van der Waals surface area (Å²) >= 11 is 0. The molecule has 0 saturated carbocycles. The lowest BCUT2D eigenvalue weighted by Crippen LogP contribution is -2.37. The van der Waals surface area contributed by atoms with E-state index in [4.69, 9.17) is 0 Å². The number of hydrogen-bond donors (Lipinski definition) is 0. The summed E-state index contributed by atoms with van der Waals surface area (Å²) in [5.41, 5.74) is -0.535. The summed E-state index contributed by atoms with van der Waals surface area (Å²) in [6, 6.07) is 6.20. The highest BCUT2D eigenvalue weighted by Gasteiger charge is 2.17. The Kier molecular flexibility index (Phi) is 4.61. The van der Waals surface area contributed by atoms with Crippen molar-refractivity contribution in [3.8, 4) is 0 Å². The second kappa shape index (κ2) is 6.75. The van der Waals surface area contributed by atoms with E-state index in [0.717, 1.165) is 16.7 Å². The lowest BCUT2D eigenvalue weighted by Gasteiger charge is -2.17. The van der Waals surface area contributed by atoms with Gasteiger partial charge in [-0.25, -0.2) is 18.6 Å². The number of carbonyl (C=O) groups excluding carboxylic acids is 1. The summed E-state index contributed by atoms with van der Waals surface area (Å²) in [5.74, 6) is -2.45. The minimum Gasteiger partial charge on any atom is -0.336 e. The quantitative estimate of drug-likeness (QED) is 0.690. The van der Waals surface area contributed by atoms with Crippen molar-refractivity contribution in [2.24, 2.45) is 14.1 Å². The fourth-order valence-corrected chi connectivity index (χ4v) is 2.75. The van der Waals surface area contributed by atoms with Gasteiger partial charge in [0.25, 0.3) is 11.5 Å². The topological polar surface area (TPSA) is 77.2 Å². The highest BCUT2D eigenvalue weighted by molar-refractivity contribution is 5.94. The molecule has 0 unspecified atom stereocenters. The highest BCUT2D eigenvalue weighted by Crippen LogP contribution is 2.13. The van der Waals surface area contributed by atoms with Crippen molar-refractivity contribution in [2.75, 3.05) is 7.05 Å². The van der Waals surface area contributed by atoms with Crippen molar-refractivity contribution in [1.82, 2.24) is 19.0 Å². The second-order valence-corrected chi connectivity index (χ2v) is 6.18. The van der Waals surface area contributed by atoms with Crippen LogP contribution in [0.1, 0.15) is 16.1 Å². The zero-order chi connectivity index (χ0) is 19.9. The molecule has 1 aromatic carbocycles. The maximum absolute atomic E-state index is 13.3. The first kappa shape index (κ1) is 18.4. The Hall–Kier alpha value is -3.36. The van der Waals surface area contributed by atoms with Crippen molar-refractivity contribution >= 4 is 16.9 Å². The van der Waals surface area contributed by atoms with Crippen LogP contribution < -0.4 is 11.2 Å². The van der Waals surface area contributed by atoms with Gasteiger partial charge >= 0.3 is 5.69 Å². The molecule has 9 heteroatoms. The van der Waals surface area contributed by atoms with Gasteiger partial charge in [0.15, 0.2) is 11.6 Å². The molecule has 1 amide bonds. The zero-order valence-corrected chi connectivity index (χ0v) is 14.9. The average Bonchev–Trinajstić information content (AvgIpc) is 2.66. The Morgan fingerprint density at radius 3 is 2.44 bits per heavy atom. The number of halogens is 2. The van der Waals surface area contributed by atoms with Crippen LogP contribution in [-0.2, 0) is 20.6 Å². The molecule has 27 heavy (non-hydrogen) atoms. The summed E-state index contributed by atoms with van der Waals surface area (Å²) in [4.78, 5) is 42.3. The molecule has 2 heterocycles. The van der Waals surface area contributed by atoms with Crippen molar-refractivity contribution in [3.63, 3.8) is 0 Å². The van der Waals surface area contributed by atoms with Crippen LogP contribution in [-0.4, -0.2) is 32.0 Å². The van der Waals surface area contributed by atoms with Crippen LogP contribution in [0.3, 0.4) is 0 Å². The Morgan fingerprint density at radius 1 is 1.07 bits per heavy atom. The van der Waals surface area contributed by atoms with E-state index in [2.05, 4.69) is 4.98 Å². The van der Waals surface area contributed by atoms with E-state index < -0.39 is 28.8 Å². The van der Waals surface area contributed by atoms with E-state index in [1.54, 1.807) is 0 Å². The molecular formula is C18H16F2N4O3. The third-order valence-corrected chi connectivity index (χ3v) is 4.27. The SMILES string of the molecule is CN(Cc1ccc(F)c(F)c1)C(=O)c1ccc2c(=O)n(C)c(=O)n(C)c2n1. The van der Waals surface area contributed by atoms with Gasteiger partial charge in [-0.3, -0.25) is 18.7 Å². The first-order chi connectivity index (χ1) is 12.7. The van der Waals surface area contributed by atoms with Crippen molar-refractivity contribution in [2.45, 2.75) is 6.54 Å². The third kappa shape index (κ3) is 3.23. The predicted octanol–water partition coefficient (Wildman–Crippen LogP) is 1.18. The fourth-order valence-electron chi connectivity index (χ4n) is 2.75. The molecule has 7 nitrogen and oxygen atoms in total. The van der Waals surface area contributed by atoms with Gasteiger partial charge in [-0.05, 0) is 29.8 Å². The summed E-state index contributed by atoms with van der Waals surface area (Å²) in [6.07, 6.45) is 0. The monoisotopic (exact) mass is 374 g/mol. The van der Waals surface area contributed by atoms with Crippen LogP contribution in [0, 0.1) is 11.6 Å². The highest BCUT2D eigenvalue weighted by atomic mass is 19.2. The first-order valence-electron chi connectivity index (χ1n) is 7.97. The Balaban J connectivity index is 1.96. The molecule has 2 aromatic heterocycles. The van der Waals surface area contributed by atoms with Crippen LogP contribution in [0.25, 0.3) is 11.0 Å². The molecule has 0 spiro atoms. The number of hydrogen-bond acceptors (Lipinski definition) is 4. The molecule has 0 atom stereocenters. The number of benzene rings is 1. The smallest absolute Gasteiger partial charge is 0.332 e. The number of amides is 1. The Morgan fingerprint density at radius 2 is 1.78 bits per heavy atom. The van der Waals surface area contributed by atoms with Gasteiger partial charge in [-0.1, -0.05) is 6.07 Å². The van der Waals surface area contributed by atoms with E-state index >= 15 is 0 Å². The summed E-state index contributed by atoms with van der Waals surface area (Å²) in [5, 5.41) is 0.208. The molecule has 0 saturated heterocycles. The van der Waals surface area contributed by atoms with E-state index in [1.807, 2.05) is 0 Å². The fraction of sp³-hybridized carbons (Fsp3) is 0.222. The van der Waals surface area contributed by atoms with Crippen LogP contribution >= 0.6 is 0 Å². The molecule has 0 aliphatic rings. The van der Waals surface area contributed by atoms with Crippen LogP contribution in [0.4, 0.5) is 8.78 Å². The lowest BCUT2D eigenvalue weighted by molar-refractivity contribution is 0.0779. The number of aryl methyl sites for hydroxylation is 1. The van der Waals surface area contributed by atoms with Gasteiger partial charge in [-0.2, -0.15) is 0 Å². The van der Waals surface area contributed by atoms with Gasteiger partial charge in [0.05, 0.1) is 5.39 Å². The molecule has 0 N–H and O–H groups in total. The molecule has 0 aliphatic carbocycles. The largest absolute Gasteiger partial charge is 0.336 e. The van der Waals surface area contributed by atoms with Crippen molar-refractivity contribution in [1.29, 1.82) is 0 Å². The Bertz CT molecular complexity index is 1180. The molecule has 140 valence electrons. The van der Waals surface area contributed by atoms with Gasteiger partial charge in [0, 0.05) is 27.7 Å². The molecular weight excluding hydrogens is 358 g/mol. The minimum atomic E-state index is -0.997. The van der Waals surface area contributed by atoms with Crippen LogP contribution in [0.15, 0.2) is 39.9 Å². The molecule has 0 fully saturated rings. The van der Waals surface area contributed by atoms with E-state index in [9.17, 15) is 23.2 Å². The molecule has 0 bridgehead atoms. The van der Waals surface area contributed by atoms with Gasteiger partial charge < -0.3 is 4.90 Å². The number of aromatic nitrogens is 3. The van der Waals surface area contributed by atoms with Gasteiger partial charge in [-0.15, -0.1) is 0 Å².